The first-order valence-electron chi connectivity index (χ1n) is 10.7. The van der Waals surface area contributed by atoms with Crippen molar-refractivity contribution >= 4 is 28.7 Å². The van der Waals surface area contributed by atoms with Gasteiger partial charge in [0, 0.05) is 17.2 Å². The van der Waals surface area contributed by atoms with Crippen molar-refractivity contribution in [2.45, 2.75) is 38.0 Å². The van der Waals surface area contributed by atoms with Crippen LogP contribution >= 0.6 is 11.3 Å². The summed E-state index contributed by atoms with van der Waals surface area (Å²) in [7, 11) is 1.51. The van der Waals surface area contributed by atoms with E-state index >= 15 is 0 Å². The van der Waals surface area contributed by atoms with Gasteiger partial charge in [-0.25, -0.2) is 14.8 Å². The van der Waals surface area contributed by atoms with Crippen molar-refractivity contribution in [3.63, 3.8) is 0 Å². The van der Waals surface area contributed by atoms with E-state index in [1.54, 1.807) is 24.4 Å². The topological polar surface area (TPSA) is 81.0 Å². The van der Waals surface area contributed by atoms with Gasteiger partial charge in [-0.1, -0.05) is 43.5 Å². The van der Waals surface area contributed by atoms with Crippen LogP contribution in [0.1, 0.15) is 49.1 Å². The highest BCUT2D eigenvalue weighted by Crippen LogP contribution is 2.34. The van der Waals surface area contributed by atoms with E-state index in [-0.39, 0.29) is 0 Å². The van der Waals surface area contributed by atoms with E-state index in [9.17, 15) is 4.79 Å². The molecule has 1 saturated carbocycles. The molecule has 0 radical (unpaired) electrons. The number of carbonyl (C=O) groups is 1. The highest BCUT2D eigenvalue weighted by molar-refractivity contribution is 7.13. The lowest BCUT2D eigenvalue weighted by atomic mass is 9.84. The number of aromatic nitrogens is 1. The van der Waals surface area contributed by atoms with Crippen molar-refractivity contribution in [1.82, 2.24) is 4.98 Å². The fourth-order valence-corrected chi connectivity index (χ4v) is 4.64. The van der Waals surface area contributed by atoms with Crippen LogP contribution in [0.15, 0.2) is 52.8 Å². The quantitative estimate of drug-likeness (QED) is 0.421. The zero-order chi connectivity index (χ0) is 22.3. The smallest absolute Gasteiger partial charge is 0.341 e. The largest absolute Gasteiger partial charge is 0.493 e. The monoisotopic (exact) mass is 450 g/mol. The molecule has 166 valence electrons. The summed E-state index contributed by atoms with van der Waals surface area (Å²) in [6.45, 7) is -0.423. The minimum atomic E-state index is -1.04. The predicted octanol–water partition coefficient (Wildman–Crippen LogP) is 6.08. The van der Waals surface area contributed by atoms with Gasteiger partial charge in [0.05, 0.1) is 12.8 Å². The Balaban J connectivity index is 1.43. The van der Waals surface area contributed by atoms with Crippen LogP contribution in [0, 0.1) is 0 Å². The summed E-state index contributed by atoms with van der Waals surface area (Å²) >= 11 is 1.49. The van der Waals surface area contributed by atoms with E-state index in [1.807, 2.05) is 5.38 Å². The number of thiazole rings is 1. The molecule has 0 aliphatic heterocycles. The van der Waals surface area contributed by atoms with Crippen LogP contribution in [0.2, 0.25) is 0 Å². The molecule has 2 aromatic carbocycles. The first-order chi connectivity index (χ1) is 15.6. The number of hydrogen-bond donors (Lipinski definition) is 1. The Kier molecular flexibility index (Phi) is 7.17. The Labute approximate surface area is 191 Å². The Bertz CT molecular complexity index is 1090. The third-order valence-electron chi connectivity index (χ3n) is 5.64. The van der Waals surface area contributed by atoms with Gasteiger partial charge in [-0.2, -0.15) is 0 Å². The zero-order valence-electron chi connectivity index (χ0n) is 18.0. The molecule has 32 heavy (non-hydrogen) atoms. The van der Waals surface area contributed by atoms with Gasteiger partial charge in [0.2, 0.25) is 5.13 Å². The Morgan fingerprint density at radius 2 is 1.94 bits per heavy atom. The summed E-state index contributed by atoms with van der Waals surface area (Å²) in [5, 5.41) is 11.5. The highest BCUT2D eigenvalue weighted by Gasteiger charge is 2.15. The van der Waals surface area contributed by atoms with Crippen molar-refractivity contribution in [2.75, 3.05) is 13.7 Å². The van der Waals surface area contributed by atoms with Crippen LogP contribution in [0.3, 0.4) is 0 Å². The minimum absolute atomic E-state index is 0.375. The molecule has 1 heterocycles. The maximum Gasteiger partial charge on any atom is 0.341 e. The number of benzene rings is 2. The lowest BCUT2D eigenvalue weighted by Crippen LogP contribution is -2.10. The van der Waals surface area contributed by atoms with Crippen LogP contribution in [0.25, 0.3) is 11.3 Å². The molecule has 0 saturated heterocycles. The van der Waals surface area contributed by atoms with Crippen molar-refractivity contribution in [3.05, 3.63) is 59.0 Å². The zero-order valence-corrected chi connectivity index (χ0v) is 18.8. The van der Waals surface area contributed by atoms with Gasteiger partial charge in [-0.05, 0) is 48.1 Å². The lowest BCUT2D eigenvalue weighted by molar-refractivity contribution is -0.139. The lowest BCUT2D eigenvalue weighted by Gasteiger charge is -2.22. The summed E-state index contributed by atoms with van der Waals surface area (Å²) in [5.41, 5.74) is 4.26. The molecule has 0 bridgehead atoms. The third-order valence-corrected chi connectivity index (χ3v) is 6.39. The second-order valence-corrected chi connectivity index (χ2v) is 8.66. The van der Waals surface area contributed by atoms with Crippen LogP contribution in [-0.2, 0) is 4.79 Å². The number of rotatable bonds is 8. The van der Waals surface area contributed by atoms with E-state index in [2.05, 4.69) is 34.2 Å². The van der Waals surface area contributed by atoms with E-state index in [4.69, 9.17) is 14.6 Å². The maximum absolute atomic E-state index is 10.7. The van der Waals surface area contributed by atoms with Crippen molar-refractivity contribution < 1.29 is 19.4 Å². The van der Waals surface area contributed by atoms with Crippen LogP contribution in [0.5, 0.6) is 11.5 Å². The van der Waals surface area contributed by atoms with Crippen LogP contribution in [0.4, 0.5) is 5.13 Å². The van der Waals surface area contributed by atoms with E-state index in [0.717, 1.165) is 16.8 Å². The Morgan fingerprint density at radius 3 is 2.66 bits per heavy atom. The SMILES string of the molecule is COc1cc(C=Nc2nc(-c3ccc(C4CCCCC4)cc3)cs2)ccc1OCC(=O)O. The summed E-state index contributed by atoms with van der Waals surface area (Å²) < 4.78 is 10.5. The number of methoxy groups -OCH3 is 1. The maximum atomic E-state index is 10.7. The van der Waals surface area contributed by atoms with E-state index in [1.165, 1.54) is 56.1 Å². The minimum Gasteiger partial charge on any atom is -0.493 e. The molecule has 1 aliphatic rings. The van der Waals surface area contributed by atoms with Crippen molar-refractivity contribution in [1.29, 1.82) is 0 Å². The number of aliphatic carboxylic acids is 1. The summed E-state index contributed by atoms with van der Waals surface area (Å²) in [6, 6.07) is 14.0. The molecule has 6 nitrogen and oxygen atoms in total. The molecule has 1 aromatic heterocycles. The molecule has 7 heteroatoms. The molecule has 0 spiro atoms. The standard InChI is InChI=1S/C25H26N2O4S/c1-30-23-13-17(7-12-22(23)31-15-24(28)29)14-26-25-27-21(16-32-25)20-10-8-19(9-11-20)18-5-3-2-4-6-18/h7-14,16,18H,2-6,15H2,1H3,(H,28,29). The molecule has 1 fully saturated rings. The molecule has 4 rings (SSSR count). The highest BCUT2D eigenvalue weighted by atomic mass is 32.1. The fourth-order valence-electron chi connectivity index (χ4n) is 3.97. The predicted molar refractivity (Wildman–Crippen MR) is 127 cm³/mol. The van der Waals surface area contributed by atoms with Gasteiger partial charge in [0.25, 0.3) is 0 Å². The normalized spacial score (nSPS) is 14.5. The molecule has 1 aliphatic carbocycles. The van der Waals surface area contributed by atoms with Gasteiger partial charge in [-0.3, -0.25) is 0 Å². The average Bonchev–Trinajstić information content (AvgIpc) is 3.31. The molecule has 0 atom stereocenters. The number of nitrogens with zero attached hydrogens (tertiary/aromatic N) is 2. The van der Waals surface area contributed by atoms with Gasteiger partial charge in [0.15, 0.2) is 18.1 Å². The van der Waals surface area contributed by atoms with E-state index in [0.29, 0.717) is 22.5 Å². The number of carboxylic acid groups (broad SMARTS) is 1. The number of aliphatic imine (C=N–C) groups is 1. The molecule has 0 unspecified atom stereocenters. The fraction of sp³-hybridized carbons (Fsp3) is 0.320. The second-order valence-electron chi connectivity index (χ2n) is 7.82. The van der Waals surface area contributed by atoms with E-state index < -0.39 is 12.6 Å². The van der Waals surface area contributed by atoms with Crippen LogP contribution < -0.4 is 9.47 Å². The van der Waals surface area contributed by atoms with Gasteiger partial charge in [0.1, 0.15) is 0 Å². The van der Waals surface area contributed by atoms with Gasteiger partial charge in [-0.15, -0.1) is 11.3 Å². The molecular formula is C25H26N2O4S. The summed E-state index contributed by atoms with van der Waals surface area (Å²) in [4.78, 5) is 19.8. The van der Waals surface area contributed by atoms with Gasteiger partial charge < -0.3 is 14.6 Å². The molecule has 0 amide bonds. The summed E-state index contributed by atoms with van der Waals surface area (Å²) in [6.07, 6.45) is 8.34. The average molecular weight is 451 g/mol. The molecule has 1 N–H and O–H groups in total. The summed E-state index contributed by atoms with van der Waals surface area (Å²) in [5.74, 6) is 0.487. The second kappa shape index (κ2) is 10.4. The van der Waals surface area contributed by atoms with Crippen molar-refractivity contribution in [2.24, 2.45) is 4.99 Å². The third kappa shape index (κ3) is 5.53. The number of hydrogen-bond acceptors (Lipinski definition) is 6. The Morgan fingerprint density at radius 1 is 1.16 bits per heavy atom. The van der Waals surface area contributed by atoms with Crippen molar-refractivity contribution in [3.8, 4) is 22.8 Å². The number of carboxylic acids is 1. The Hall–Kier alpha value is -3.19. The first-order valence-corrected chi connectivity index (χ1v) is 11.6. The first kappa shape index (κ1) is 22.0. The molecule has 3 aromatic rings. The number of ether oxygens (including phenoxy) is 2. The molecular weight excluding hydrogens is 424 g/mol. The van der Waals surface area contributed by atoms with Crippen LogP contribution in [-0.4, -0.2) is 36.0 Å². The van der Waals surface area contributed by atoms with Gasteiger partial charge >= 0.3 is 5.97 Å².